The van der Waals surface area contributed by atoms with Gasteiger partial charge in [0.1, 0.15) is 0 Å². The third kappa shape index (κ3) is 4.24. The number of nitrogens with one attached hydrogen (secondary N) is 2. The first-order valence-corrected chi connectivity index (χ1v) is 10.7. The van der Waals surface area contributed by atoms with E-state index >= 15 is 0 Å². The maximum Gasteiger partial charge on any atom is 0.243 e. The van der Waals surface area contributed by atoms with Crippen molar-refractivity contribution in [1.29, 1.82) is 0 Å². The van der Waals surface area contributed by atoms with Gasteiger partial charge in [-0.25, -0.2) is 8.42 Å². The highest BCUT2D eigenvalue weighted by atomic mass is 32.2. The summed E-state index contributed by atoms with van der Waals surface area (Å²) in [6.45, 7) is 4.72. The maximum atomic E-state index is 12.6. The number of benzene rings is 1. The van der Waals surface area contributed by atoms with E-state index < -0.39 is 10.0 Å². The molecule has 0 radical (unpaired) electrons. The number of rotatable bonds is 5. The number of aryl methyl sites for hydroxylation is 2. The van der Waals surface area contributed by atoms with Gasteiger partial charge in [0.15, 0.2) is 0 Å². The van der Waals surface area contributed by atoms with Gasteiger partial charge in [0, 0.05) is 19.3 Å². The van der Waals surface area contributed by atoms with Crippen LogP contribution in [-0.2, 0) is 28.3 Å². The molecule has 1 amide bonds. The normalized spacial score (nSPS) is 14.0. The fraction of sp³-hybridized carbons (Fsp3) is 0.444. The largest absolute Gasteiger partial charge is 0.362 e. The van der Waals surface area contributed by atoms with E-state index in [2.05, 4.69) is 15.1 Å². The van der Waals surface area contributed by atoms with Crippen LogP contribution in [0.4, 0.5) is 17.1 Å². The zero-order chi connectivity index (χ0) is 19.8. The molecule has 0 fully saturated rings. The van der Waals surface area contributed by atoms with Crippen molar-refractivity contribution in [3.8, 4) is 0 Å². The fourth-order valence-electron chi connectivity index (χ4n) is 3.47. The van der Waals surface area contributed by atoms with Crippen molar-refractivity contribution in [2.24, 2.45) is 7.05 Å². The van der Waals surface area contributed by atoms with Crippen molar-refractivity contribution in [2.45, 2.75) is 26.7 Å². The van der Waals surface area contributed by atoms with Gasteiger partial charge in [-0.1, -0.05) is 6.07 Å². The molecule has 1 aliphatic rings. The Hall–Kier alpha value is -2.55. The maximum absolute atomic E-state index is 12.6. The van der Waals surface area contributed by atoms with Crippen LogP contribution in [0.2, 0.25) is 0 Å². The highest BCUT2D eigenvalue weighted by Gasteiger charge is 2.23. The first kappa shape index (κ1) is 19.2. The van der Waals surface area contributed by atoms with E-state index in [9.17, 15) is 13.2 Å². The Morgan fingerprint density at radius 3 is 2.67 bits per heavy atom. The topological polar surface area (TPSA) is 96.3 Å². The molecule has 1 aromatic heterocycles. The van der Waals surface area contributed by atoms with E-state index in [1.807, 2.05) is 31.9 Å². The van der Waals surface area contributed by atoms with Crippen LogP contribution in [0.25, 0.3) is 0 Å². The standard InChI is InChI=1S/C18H25N5O3S/c1-12-18(13(2)22(3)20-12)19-17(24)11-23-10-6-7-14-15(21-27(4,25)26)8-5-9-16(14)23/h5,8-9,21H,6-7,10-11H2,1-4H3,(H,19,24). The molecule has 0 saturated heterocycles. The third-order valence-corrected chi connectivity index (χ3v) is 5.34. The summed E-state index contributed by atoms with van der Waals surface area (Å²) in [6.07, 6.45) is 2.76. The first-order valence-electron chi connectivity index (χ1n) is 8.80. The number of aromatic nitrogens is 2. The van der Waals surface area contributed by atoms with Crippen LogP contribution in [0.3, 0.4) is 0 Å². The zero-order valence-electron chi connectivity index (χ0n) is 16.0. The molecule has 0 bridgehead atoms. The number of anilines is 3. The number of amides is 1. The van der Waals surface area contributed by atoms with Gasteiger partial charge in [-0.2, -0.15) is 5.10 Å². The highest BCUT2D eigenvalue weighted by molar-refractivity contribution is 7.92. The summed E-state index contributed by atoms with van der Waals surface area (Å²) in [7, 11) is -1.51. The minimum atomic E-state index is -3.36. The number of fused-ring (bicyclic) bond motifs is 1. The van der Waals surface area contributed by atoms with E-state index in [1.165, 1.54) is 0 Å². The molecule has 0 atom stereocenters. The van der Waals surface area contributed by atoms with Gasteiger partial charge >= 0.3 is 0 Å². The lowest BCUT2D eigenvalue weighted by Crippen LogP contribution is -2.37. The van der Waals surface area contributed by atoms with Crippen LogP contribution in [0.1, 0.15) is 23.4 Å². The summed E-state index contributed by atoms with van der Waals surface area (Å²) in [5.41, 5.74) is 4.83. The molecule has 0 saturated carbocycles. The Morgan fingerprint density at radius 2 is 2.04 bits per heavy atom. The Morgan fingerprint density at radius 1 is 1.30 bits per heavy atom. The lowest BCUT2D eigenvalue weighted by molar-refractivity contribution is -0.115. The van der Waals surface area contributed by atoms with Gasteiger partial charge in [0.05, 0.1) is 35.6 Å². The van der Waals surface area contributed by atoms with Gasteiger partial charge in [-0.15, -0.1) is 0 Å². The summed E-state index contributed by atoms with van der Waals surface area (Å²) in [5, 5.41) is 7.27. The molecule has 0 spiro atoms. The number of nitrogens with zero attached hydrogens (tertiary/aromatic N) is 3. The average Bonchev–Trinajstić information content (AvgIpc) is 2.80. The summed E-state index contributed by atoms with van der Waals surface area (Å²) >= 11 is 0. The molecule has 2 N–H and O–H groups in total. The highest BCUT2D eigenvalue weighted by Crippen LogP contribution is 2.33. The zero-order valence-corrected chi connectivity index (χ0v) is 16.9. The van der Waals surface area contributed by atoms with Gasteiger partial charge in [-0.05, 0) is 44.4 Å². The predicted octanol–water partition coefficient (Wildman–Crippen LogP) is 1.80. The number of carbonyl (C=O) groups is 1. The lowest BCUT2D eigenvalue weighted by Gasteiger charge is -2.32. The van der Waals surface area contributed by atoms with E-state index in [4.69, 9.17) is 0 Å². The number of hydrogen-bond acceptors (Lipinski definition) is 5. The Balaban J connectivity index is 1.80. The second-order valence-corrected chi connectivity index (χ2v) is 8.67. The summed E-state index contributed by atoms with van der Waals surface area (Å²) in [6, 6.07) is 5.49. The number of sulfonamides is 1. The average molecular weight is 391 g/mol. The van der Waals surface area contributed by atoms with Crippen LogP contribution >= 0.6 is 0 Å². The molecular formula is C18H25N5O3S. The fourth-order valence-corrected chi connectivity index (χ4v) is 4.06. The summed E-state index contributed by atoms with van der Waals surface area (Å²) in [5.74, 6) is -0.122. The molecular weight excluding hydrogens is 366 g/mol. The molecule has 1 aliphatic heterocycles. The van der Waals surface area contributed by atoms with E-state index in [1.54, 1.807) is 16.8 Å². The summed E-state index contributed by atoms with van der Waals surface area (Å²) in [4.78, 5) is 14.6. The molecule has 9 heteroatoms. The van der Waals surface area contributed by atoms with Crippen LogP contribution in [0, 0.1) is 13.8 Å². The molecule has 1 aromatic carbocycles. The van der Waals surface area contributed by atoms with Crippen molar-refractivity contribution in [3.05, 3.63) is 35.2 Å². The van der Waals surface area contributed by atoms with E-state index in [0.29, 0.717) is 5.69 Å². The van der Waals surface area contributed by atoms with Crippen molar-refractivity contribution in [1.82, 2.24) is 9.78 Å². The van der Waals surface area contributed by atoms with Crippen molar-refractivity contribution < 1.29 is 13.2 Å². The van der Waals surface area contributed by atoms with Crippen molar-refractivity contribution in [3.63, 3.8) is 0 Å². The molecule has 0 aliphatic carbocycles. The minimum absolute atomic E-state index is 0.122. The molecule has 3 rings (SSSR count). The molecule has 2 heterocycles. The van der Waals surface area contributed by atoms with Crippen molar-refractivity contribution in [2.75, 3.05) is 34.3 Å². The molecule has 146 valence electrons. The Kier molecular flexibility index (Phi) is 5.14. The minimum Gasteiger partial charge on any atom is -0.362 e. The number of hydrogen-bond donors (Lipinski definition) is 2. The third-order valence-electron chi connectivity index (χ3n) is 4.75. The quantitative estimate of drug-likeness (QED) is 0.810. The number of carbonyl (C=O) groups excluding carboxylic acids is 1. The van der Waals surface area contributed by atoms with E-state index in [-0.39, 0.29) is 12.5 Å². The van der Waals surface area contributed by atoms with Gasteiger partial charge < -0.3 is 10.2 Å². The molecule has 27 heavy (non-hydrogen) atoms. The molecule has 2 aromatic rings. The van der Waals surface area contributed by atoms with E-state index in [0.717, 1.165) is 54.0 Å². The SMILES string of the molecule is Cc1nn(C)c(C)c1NC(=O)CN1CCCc2c(NS(C)(=O)=O)cccc21. The lowest BCUT2D eigenvalue weighted by atomic mass is 10.00. The second kappa shape index (κ2) is 7.22. The smallest absolute Gasteiger partial charge is 0.243 e. The summed E-state index contributed by atoms with van der Waals surface area (Å²) < 4.78 is 27.6. The second-order valence-electron chi connectivity index (χ2n) is 6.92. The van der Waals surface area contributed by atoms with Gasteiger partial charge in [0.25, 0.3) is 0 Å². The Bertz CT molecular complexity index is 981. The van der Waals surface area contributed by atoms with Crippen LogP contribution < -0.4 is 14.9 Å². The van der Waals surface area contributed by atoms with Crippen LogP contribution in [0.5, 0.6) is 0 Å². The first-order chi connectivity index (χ1) is 12.7. The Labute approximate surface area is 159 Å². The predicted molar refractivity (Wildman–Crippen MR) is 107 cm³/mol. The van der Waals surface area contributed by atoms with Crippen LogP contribution in [0.15, 0.2) is 18.2 Å². The molecule has 8 nitrogen and oxygen atoms in total. The van der Waals surface area contributed by atoms with Gasteiger partial charge in [0.2, 0.25) is 15.9 Å². The molecule has 0 unspecified atom stereocenters. The van der Waals surface area contributed by atoms with Gasteiger partial charge in [-0.3, -0.25) is 14.2 Å². The monoisotopic (exact) mass is 391 g/mol. The van der Waals surface area contributed by atoms with Crippen LogP contribution in [-0.4, -0.2) is 43.5 Å². The van der Waals surface area contributed by atoms with Crippen molar-refractivity contribution >= 4 is 33.0 Å².